The van der Waals surface area contributed by atoms with E-state index >= 15 is 0 Å². The molecule has 0 radical (unpaired) electrons. The Morgan fingerprint density at radius 2 is 1.74 bits per heavy atom. The van der Waals surface area contributed by atoms with Crippen LogP contribution < -0.4 is 11.1 Å². The fourth-order valence-electron chi connectivity index (χ4n) is 6.26. The first kappa shape index (κ1) is 26.9. The smallest absolute Gasteiger partial charge is 0.221 e. The molecular weight excluding hydrogens is 496 g/mol. The Balaban J connectivity index is 1.25. The van der Waals surface area contributed by atoms with E-state index in [4.69, 9.17) is 5.73 Å². The van der Waals surface area contributed by atoms with E-state index in [0.29, 0.717) is 25.6 Å². The molecule has 5 rings (SSSR count). The zero-order chi connectivity index (χ0) is 26.5. The number of hydrogen-bond donors (Lipinski definition) is 3. The number of aromatic nitrogens is 1. The molecule has 1 aromatic heterocycles. The average molecular weight is 537 g/mol. The number of aromatic amines is 1. The van der Waals surface area contributed by atoms with Crippen LogP contribution in [0.5, 0.6) is 0 Å². The molecule has 0 atom stereocenters. The first-order valence-corrected chi connectivity index (χ1v) is 15.7. The number of nitrogens with two attached hydrogens (primary N) is 1. The second kappa shape index (κ2) is 12.0. The molecular formula is C30H40N4O3S. The molecule has 2 aromatic carbocycles. The van der Waals surface area contributed by atoms with Crippen molar-refractivity contribution in [1.82, 2.24) is 14.6 Å². The van der Waals surface area contributed by atoms with Crippen LogP contribution in [0, 0.1) is 5.92 Å². The first-order chi connectivity index (χ1) is 18.4. The number of nitrogens with zero attached hydrogens (tertiary/aromatic N) is 1. The van der Waals surface area contributed by atoms with Gasteiger partial charge in [-0.3, -0.25) is 4.79 Å². The van der Waals surface area contributed by atoms with E-state index < -0.39 is 10.0 Å². The minimum atomic E-state index is -3.27. The second-order valence-electron chi connectivity index (χ2n) is 11.0. The summed E-state index contributed by atoms with van der Waals surface area (Å²) >= 11 is 0. The van der Waals surface area contributed by atoms with Crippen molar-refractivity contribution in [2.75, 3.05) is 31.9 Å². The van der Waals surface area contributed by atoms with Crippen molar-refractivity contribution >= 4 is 26.8 Å². The highest BCUT2D eigenvalue weighted by Gasteiger charge is 2.30. The normalized spacial score (nSPS) is 18.2. The van der Waals surface area contributed by atoms with Crippen LogP contribution in [0.2, 0.25) is 0 Å². The summed E-state index contributed by atoms with van der Waals surface area (Å²) in [7, 11) is -3.27. The van der Waals surface area contributed by atoms with Gasteiger partial charge in [0.1, 0.15) is 0 Å². The van der Waals surface area contributed by atoms with E-state index in [9.17, 15) is 13.2 Å². The fourth-order valence-corrected chi connectivity index (χ4v) is 7.69. The topological polar surface area (TPSA) is 108 Å². The summed E-state index contributed by atoms with van der Waals surface area (Å²) in [6.07, 6.45) is 10.2. The van der Waals surface area contributed by atoms with Crippen molar-refractivity contribution in [2.45, 2.75) is 57.3 Å². The summed E-state index contributed by atoms with van der Waals surface area (Å²) in [5, 5.41) is 4.49. The number of piperidine rings is 1. The Morgan fingerprint density at radius 3 is 2.45 bits per heavy atom. The van der Waals surface area contributed by atoms with Gasteiger partial charge in [0.05, 0.1) is 12.2 Å². The molecule has 8 heteroatoms. The maximum atomic E-state index is 13.0. The van der Waals surface area contributed by atoms with E-state index in [1.165, 1.54) is 37.7 Å². The van der Waals surface area contributed by atoms with Gasteiger partial charge in [-0.05, 0) is 78.5 Å². The van der Waals surface area contributed by atoms with E-state index in [1.54, 1.807) is 4.31 Å². The monoisotopic (exact) mass is 536 g/mol. The van der Waals surface area contributed by atoms with Gasteiger partial charge in [-0.2, -0.15) is 0 Å². The molecule has 7 nitrogen and oxygen atoms in total. The number of amides is 1. The van der Waals surface area contributed by atoms with Gasteiger partial charge >= 0.3 is 0 Å². The maximum absolute atomic E-state index is 13.0. The summed E-state index contributed by atoms with van der Waals surface area (Å²) in [6.45, 7) is 2.52. The number of sulfonamides is 1. The minimum Gasteiger partial charge on any atom is -0.369 e. The van der Waals surface area contributed by atoms with Gasteiger partial charge in [0.15, 0.2) is 0 Å². The average Bonchev–Trinajstić information content (AvgIpc) is 3.36. The van der Waals surface area contributed by atoms with Crippen molar-refractivity contribution in [3.05, 3.63) is 59.8 Å². The number of carbonyl (C=O) groups excluding carboxylic acids is 1. The van der Waals surface area contributed by atoms with Crippen molar-refractivity contribution in [2.24, 2.45) is 11.7 Å². The van der Waals surface area contributed by atoms with Crippen LogP contribution in [0.15, 0.2) is 48.7 Å². The Morgan fingerprint density at radius 1 is 1.00 bits per heavy atom. The zero-order valence-corrected chi connectivity index (χ0v) is 22.9. The van der Waals surface area contributed by atoms with Crippen molar-refractivity contribution in [3.63, 3.8) is 0 Å². The van der Waals surface area contributed by atoms with Crippen LogP contribution in [0.3, 0.4) is 0 Å². The standard InChI is InChI=1S/C30H40N4O3S/c31-29(35)19-26-17-25(23-9-5-2-6-10-23)18-27-28(21-33-30(26)27)24-11-14-34(15-12-24)38(36,37)16-13-32-20-22-7-3-1-4-8-22/h2,5-6,9-10,17-18,21-22,24,32-33H,1,3-4,7-8,11-16,19-20H2,(H2,31,35). The molecule has 1 aliphatic heterocycles. The summed E-state index contributed by atoms with van der Waals surface area (Å²) in [4.78, 5) is 15.2. The molecule has 0 unspecified atom stereocenters. The van der Waals surface area contributed by atoms with Crippen LogP contribution in [-0.4, -0.2) is 55.5 Å². The molecule has 4 N–H and O–H groups in total. The van der Waals surface area contributed by atoms with E-state index in [0.717, 1.165) is 47.0 Å². The number of hydrogen-bond acceptors (Lipinski definition) is 4. The molecule has 0 bridgehead atoms. The highest BCUT2D eigenvalue weighted by Crippen LogP contribution is 2.37. The van der Waals surface area contributed by atoms with Crippen molar-refractivity contribution in [1.29, 1.82) is 0 Å². The lowest BCUT2D eigenvalue weighted by atomic mass is 9.88. The lowest BCUT2D eigenvalue weighted by Crippen LogP contribution is -2.41. The van der Waals surface area contributed by atoms with Crippen LogP contribution >= 0.6 is 0 Å². The Kier molecular flexibility index (Phi) is 8.51. The van der Waals surface area contributed by atoms with Crippen molar-refractivity contribution in [3.8, 4) is 11.1 Å². The van der Waals surface area contributed by atoms with Crippen LogP contribution in [0.1, 0.15) is 62.0 Å². The molecule has 0 spiro atoms. The third kappa shape index (κ3) is 6.30. The largest absolute Gasteiger partial charge is 0.369 e. The molecule has 2 heterocycles. The van der Waals surface area contributed by atoms with Gasteiger partial charge in [-0.1, -0.05) is 49.6 Å². The Bertz CT molecular complexity index is 1340. The SMILES string of the molecule is NC(=O)Cc1cc(-c2ccccc2)cc2c(C3CCN(S(=O)(=O)CCNCC4CCCCC4)CC3)c[nH]c12. The summed E-state index contributed by atoms with van der Waals surface area (Å²) in [5.41, 5.74) is 10.7. The van der Waals surface area contributed by atoms with Crippen molar-refractivity contribution < 1.29 is 13.2 Å². The molecule has 2 fully saturated rings. The number of primary amides is 1. The predicted molar refractivity (Wildman–Crippen MR) is 153 cm³/mol. The Labute approximate surface area is 226 Å². The molecule has 1 aliphatic carbocycles. The minimum absolute atomic E-state index is 0.161. The molecule has 1 amide bonds. The molecule has 1 saturated carbocycles. The Hall–Kier alpha value is -2.68. The third-order valence-corrected chi connectivity index (χ3v) is 10.2. The summed E-state index contributed by atoms with van der Waals surface area (Å²) < 4.78 is 27.7. The van der Waals surface area contributed by atoms with E-state index in [2.05, 4.69) is 28.5 Å². The number of fused-ring (bicyclic) bond motifs is 1. The number of carbonyl (C=O) groups is 1. The molecule has 204 valence electrons. The third-order valence-electron chi connectivity index (χ3n) is 8.36. The van der Waals surface area contributed by atoms with Gasteiger partial charge in [0.2, 0.25) is 15.9 Å². The van der Waals surface area contributed by atoms with Gasteiger partial charge in [-0.15, -0.1) is 0 Å². The number of benzene rings is 2. The van der Waals surface area contributed by atoms with Gasteiger partial charge < -0.3 is 16.0 Å². The highest BCUT2D eigenvalue weighted by atomic mass is 32.2. The van der Waals surface area contributed by atoms with Gasteiger partial charge in [-0.25, -0.2) is 12.7 Å². The molecule has 2 aliphatic rings. The number of rotatable bonds is 10. The van der Waals surface area contributed by atoms with E-state index in [-0.39, 0.29) is 24.0 Å². The number of H-pyrrole nitrogens is 1. The fraction of sp³-hybridized carbons (Fsp3) is 0.500. The summed E-state index contributed by atoms with van der Waals surface area (Å²) in [6, 6.07) is 14.4. The zero-order valence-electron chi connectivity index (χ0n) is 22.1. The van der Waals surface area contributed by atoms with Crippen LogP contribution in [0.25, 0.3) is 22.0 Å². The molecule has 3 aromatic rings. The van der Waals surface area contributed by atoms with E-state index in [1.807, 2.05) is 30.5 Å². The lowest BCUT2D eigenvalue weighted by Gasteiger charge is -2.31. The molecule has 1 saturated heterocycles. The van der Waals surface area contributed by atoms with Crippen LogP contribution in [-0.2, 0) is 21.2 Å². The quantitative estimate of drug-likeness (QED) is 0.331. The summed E-state index contributed by atoms with van der Waals surface area (Å²) in [5.74, 6) is 0.754. The molecule has 38 heavy (non-hydrogen) atoms. The highest BCUT2D eigenvalue weighted by molar-refractivity contribution is 7.89. The predicted octanol–water partition coefficient (Wildman–Crippen LogP) is 4.54. The van der Waals surface area contributed by atoms with Gasteiger partial charge in [0.25, 0.3) is 0 Å². The second-order valence-corrected chi connectivity index (χ2v) is 13.1. The van der Waals surface area contributed by atoms with Crippen LogP contribution in [0.4, 0.5) is 0 Å². The number of nitrogens with one attached hydrogen (secondary N) is 2. The maximum Gasteiger partial charge on any atom is 0.221 e. The lowest BCUT2D eigenvalue weighted by molar-refractivity contribution is -0.117. The first-order valence-electron chi connectivity index (χ1n) is 14.1. The van der Waals surface area contributed by atoms with Gasteiger partial charge in [0, 0.05) is 36.7 Å².